The molecule has 0 atom stereocenters. The topological polar surface area (TPSA) is 89.6 Å². The maximum atomic E-state index is 11.7. The highest BCUT2D eigenvalue weighted by Crippen LogP contribution is 2.42. The number of non-ortho nitro benzene ring substituents is 1. The van der Waals surface area contributed by atoms with Crippen molar-refractivity contribution >= 4 is 55.2 Å². The number of nitro benzene ring substituents is 1. The number of benzene rings is 2. The van der Waals surface area contributed by atoms with E-state index in [0.29, 0.717) is 21.8 Å². The van der Waals surface area contributed by atoms with Crippen molar-refractivity contribution in [3.05, 3.63) is 32.6 Å². The van der Waals surface area contributed by atoms with Crippen molar-refractivity contribution in [3.8, 4) is 0 Å². The average molecular weight is 391 g/mol. The molecule has 0 aromatic heterocycles. The van der Waals surface area contributed by atoms with Crippen LogP contribution in [0.2, 0.25) is 5.02 Å². The van der Waals surface area contributed by atoms with Crippen molar-refractivity contribution in [2.75, 3.05) is 12.1 Å². The molecular weight excluding hydrogens is 375 g/mol. The molecule has 1 aliphatic heterocycles. The van der Waals surface area contributed by atoms with E-state index in [-0.39, 0.29) is 15.6 Å². The van der Waals surface area contributed by atoms with Crippen molar-refractivity contribution < 1.29 is 13.3 Å². The highest BCUT2D eigenvalue weighted by molar-refractivity contribution is 7.91. The lowest BCUT2D eigenvalue weighted by Gasteiger charge is -2.16. The molecule has 0 radical (unpaired) electrons. The molecule has 1 aliphatic rings. The van der Waals surface area contributed by atoms with Crippen LogP contribution in [0.15, 0.2) is 22.0 Å². The summed E-state index contributed by atoms with van der Waals surface area (Å²) in [6.07, 6.45) is 4.73. The zero-order chi connectivity index (χ0) is 18.1. The Morgan fingerprint density at radius 1 is 1.29 bits per heavy atom. The second-order valence-electron chi connectivity index (χ2n) is 5.41. The van der Waals surface area contributed by atoms with E-state index < -0.39 is 14.8 Å². The highest BCUT2D eigenvalue weighted by atomic mass is 35.5. The molecule has 0 amide bonds. The van der Waals surface area contributed by atoms with Gasteiger partial charge in [0.1, 0.15) is 5.39 Å². The predicted molar refractivity (Wildman–Crippen MR) is 95.4 cm³/mol. The fraction of sp³-hybridized carbons (Fsp3) is 0.400. The van der Waals surface area contributed by atoms with Gasteiger partial charge in [-0.05, 0) is 12.5 Å². The van der Waals surface area contributed by atoms with E-state index in [9.17, 15) is 18.5 Å². The summed E-state index contributed by atoms with van der Waals surface area (Å²) in [5, 5.41) is 12.2. The van der Waals surface area contributed by atoms with Gasteiger partial charge in [-0.2, -0.15) is 0 Å². The SMILES string of the molecule is CCCCCCl.CS(=O)(=O)c1cc([N+](=O)[O-])c2c3c(Cl)cc1c2=N3. The summed E-state index contributed by atoms with van der Waals surface area (Å²) < 4.78 is 23.3. The first-order valence-corrected chi connectivity index (χ1v) is 10.1. The van der Waals surface area contributed by atoms with Crippen LogP contribution < -0.4 is 5.36 Å². The molecular formula is C15H16Cl2N2O4S. The molecule has 2 aromatic carbocycles. The first kappa shape index (κ1) is 18.9. The first-order valence-electron chi connectivity index (χ1n) is 7.30. The van der Waals surface area contributed by atoms with E-state index in [1.807, 2.05) is 0 Å². The van der Waals surface area contributed by atoms with Crippen molar-refractivity contribution in [2.45, 2.75) is 31.1 Å². The molecule has 0 saturated carbocycles. The summed E-state index contributed by atoms with van der Waals surface area (Å²) in [7, 11) is -3.58. The van der Waals surface area contributed by atoms with E-state index in [4.69, 9.17) is 23.2 Å². The Hall–Kier alpha value is -1.44. The summed E-state index contributed by atoms with van der Waals surface area (Å²) in [4.78, 5) is 14.2. The number of hydrogen-bond acceptors (Lipinski definition) is 5. The lowest BCUT2D eigenvalue weighted by Crippen LogP contribution is -2.18. The van der Waals surface area contributed by atoms with Gasteiger partial charge in [0, 0.05) is 23.6 Å². The third-order valence-electron chi connectivity index (χ3n) is 3.57. The third-order valence-corrected chi connectivity index (χ3v) is 5.26. The van der Waals surface area contributed by atoms with E-state index in [2.05, 4.69) is 11.9 Å². The largest absolute Gasteiger partial charge is 0.282 e. The summed E-state index contributed by atoms with van der Waals surface area (Å²) in [5.41, 5.74) is 0.0799. The minimum Gasteiger partial charge on any atom is -0.258 e. The quantitative estimate of drug-likeness (QED) is 0.282. The molecule has 0 spiro atoms. The molecule has 130 valence electrons. The van der Waals surface area contributed by atoms with Crippen LogP contribution in [0.4, 0.5) is 11.4 Å². The zero-order valence-corrected chi connectivity index (χ0v) is 15.5. The summed E-state index contributed by atoms with van der Waals surface area (Å²) in [6, 6.07) is 2.55. The number of halogens is 2. The van der Waals surface area contributed by atoms with E-state index in [0.717, 1.165) is 18.2 Å². The van der Waals surface area contributed by atoms with Crippen molar-refractivity contribution in [1.82, 2.24) is 0 Å². The molecule has 9 heteroatoms. The van der Waals surface area contributed by atoms with Gasteiger partial charge in [-0.1, -0.05) is 31.4 Å². The van der Waals surface area contributed by atoms with Gasteiger partial charge in [0.25, 0.3) is 5.69 Å². The summed E-state index contributed by atoms with van der Waals surface area (Å²) in [5.74, 6) is 0.827. The van der Waals surface area contributed by atoms with Crippen LogP contribution in [0.1, 0.15) is 26.2 Å². The van der Waals surface area contributed by atoms with Gasteiger partial charge in [-0.3, -0.25) is 10.1 Å². The molecule has 4 bridgehead atoms. The molecule has 6 nitrogen and oxygen atoms in total. The van der Waals surface area contributed by atoms with Gasteiger partial charge in [0.05, 0.1) is 25.9 Å². The molecule has 0 saturated heterocycles. The number of hydrogen-bond donors (Lipinski definition) is 0. The van der Waals surface area contributed by atoms with Crippen LogP contribution in [0.5, 0.6) is 0 Å². The molecule has 0 N–H and O–H groups in total. The Kier molecular flexibility index (Phi) is 5.67. The normalized spacial score (nSPS) is 12.2. The fourth-order valence-electron chi connectivity index (χ4n) is 2.41. The van der Waals surface area contributed by atoms with Gasteiger partial charge < -0.3 is 0 Å². The Balaban J connectivity index is 0.000000301. The number of nitro groups is 1. The third kappa shape index (κ3) is 3.48. The minimum absolute atomic E-state index is 0.117. The lowest BCUT2D eigenvalue weighted by molar-refractivity contribution is -0.383. The fourth-order valence-corrected chi connectivity index (χ4v) is 3.73. The van der Waals surface area contributed by atoms with Gasteiger partial charge in [0.15, 0.2) is 9.84 Å². The Labute approximate surface area is 149 Å². The standard InChI is InChI=1S/C10H5ClN2O4S.C5H11Cl/c1-18(16,17)7-3-6(13(14)15)8-9-4(7)2-5(11)10(8)12-9;1-2-3-4-5-6/h2-3H,1H3;2-5H2,1H3. The van der Waals surface area contributed by atoms with E-state index in [1.54, 1.807) is 0 Å². The highest BCUT2D eigenvalue weighted by Gasteiger charge is 2.30. The van der Waals surface area contributed by atoms with Crippen molar-refractivity contribution in [2.24, 2.45) is 4.99 Å². The smallest absolute Gasteiger partial charge is 0.258 e. The molecule has 24 heavy (non-hydrogen) atoms. The molecule has 0 fully saturated rings. The Bertz CT molecular complexity index is 954. The van der Waals surface area contributed by atoms with Gasteiger partial charge in [-0.25, -0.2) is 13.4 Å². The van der Waals surface area contributed by atoms with Gasteiger partial charge >= 0.3 is 0 Å². The molecule has 0 unspecified atom stereocenters. The first-order chi connectivity index (χ1) is 11.2. The van der Waals surface area contributed by atoms with Crippen molar-refractivity contribution in [1.29, 1.82) is 0 Å². The van der Waals surface area contributed by atoms with Crippen LogP contribution in [0.25, 0.3) is 10.8 Å². The van der Waals surface area contributed by atoms with E-state index in [1.165, 1.54) is 25.3 Å². The van der Waals surface area contributed by atoms with Crippen LogP contribution in [0, 0.1) is 10.1 Å². The molecule has 1 heterocycles. The number of unbranched alkanes of at least 4 members (excludes halogenated alkanes) is 2. The summed E-state index contributed by atoms with van der Waals surface area (Å²) in [6.45, 7) is 2.17. The predicted octanol–water partition coefficient (Wildman–Crippen LogP) is 4.20. The van der Waals surface area contributed by atoms with Gasteiger partial charge in [-0.15, -0.1) is 11.6 Å². The molecule has 2 aromatic rings. The number of nitrogens with zero attached hydrogens (tertiary/aromatic N) is 2. The van der Waals surface area contributed by atoms with Gasteiger partial charge in [0.2, 0.25) is 0 Å². The number of alkyl halides is 1. The lowest BCUT2D eigenvalue weighted by atomic mass is 10.0. The summed E-state index contributed by atoms with van der Waals surface area (Å²) >= 11 is 11.3. The van der Waals surface area contributed by atoms with Crippen LogP contribution in [-0.2, 0) is 9.84 Å². The Morgan fingerprint density at radius 3 is 2.38 bits per heavy atom. The number of sulfone groups is 1. The molecule has 0 aliphatic carbocycles. The second kappa shape index (κ2) is 7.21. The minimum atomic E-state index is -3.58. The second-order valence-corrected chi connectivity index (χ2v) is 8.18. The van der Waals surface area contributed by atoms with Crippen LogP contribution in [0.3, 0.4) is 0 Å². The van der Waals surface area contributed by atoms with Crippen LogP contribution in [-0.4, -0.2) is 25.5 Å². The monoisotopic (exact) mass is 390 g/mol. The maximum Gasteiger partial charge on any atom is 0.282 e. The Morgan fingerprint density at radius 2 is 1.96 bits per heavy atom. The van der Waals surface area contributed by atoms with Crippen LogP contribution >= 0.6 is 23.2 Å². The zero-order valence-electron chi connectivity index (χ0n) is 13.2. The number of rotatable bonds is 5. The average Bonchev–Trinajstić information content (AvgIpc) is 2.45. The van der Waals surface area contributed by atoms with Crippen molar-refractivity contribution in [3.63, 3.8) is 0 Å². The molecule has 3 rings (SSSR count). The maximum absolute atomic E-state index is 11.7. The van der Waals surface area contributed by atoms with E-state index >= 15 is 0 Å².